The second kappa shape index (κ2) is 47.5. The van der Waals surface area contributed by atoms with Crippen LogP contribution in [0.4, 0.5) is 0 Å². The van der Waals surface area contributed by atoms with Crippen LogP contribution in [0.5, 0.6) is 0 Å². The Morgan fingerprint density at radius 1 is 0.411 bits per heavy atom. The molecule has 0 spiro atoms. The minimum absolute atomic E-state index is 0.0673. The van der Waals surface area contributed by atoms with Gasteiger partial charge in [0.2, 0.25) is 0 Å². The first-order chi connectivity index (χ1) is 27.6. The third-order valence-electron chi connectivity index (χ3n) is 10.9. The number of rotatable bonds is 45. The number of unbranched alkanes of at least 4 members (excludes halogenated alkanes) is 31. The molecule has 328 valence electrons. The molecule has 56 heavy (non-hydrogen) atoms. The SMILES string of the molecule is CCCCCCC/C=C\C/C=C\CCCCCCCCCCCCCCCCCC(=O)OC(CO)COC(=O)CCCCCCC/C=C\CCCCCCCC. The summed E-state index contributed by atoms with van der Waals surface area (Å²) < 4.78 is 10.7. The van der Waals surface area contributed by atoms with Crippen LogP contribution in [0, 0.1) is 0 Å². The summed E-state index contributed by atoms with van der Waals surface area (Å²) in [6.07, 6.45) is 59.5. The minimum atomic E-state index is -0.773. The number of carbonyl (C=O) groups excluding carboxylic acids is 2. The fourth-order valence-electron chi connectivity index (χ4n) is 7.17. The average molecular weight is 787 g/mol. The van der Waals surface area contributed by atoms with Gasteiger partial charge in [0.1, 0.15) is 6.61 Å². The molecule has 0 aliphatic heterocycles. The van der Waals surface area contributed by atoms with Gasteiger partial charge in [-0.2, -0.15) is 0 Å². The third-order valence-corrected chi connectivity index (χ3v) is 10.9. The van der Waals surface area contributed by atoms with Crippen LogP contribution in [0.25, 0.3) is 0 Å². The van der Waals surface area contributed by atoms with Gasteiger partial charge < -0.3 is 14.6 Å². The lowest BCUT2D eigenvalue weighted by atomic mass is 10.0. The van der Waals surface area contributed by atoms with E-state index < -0.39 is 6.10 Å². The predicted octanol–water partition coefficient (Wildman–Crippen LogP) is 16.0. The average Bonchev–Trinajstić information content (AvgIpc) is 3.20. The van der Waals surface area contributed by atoms with Crippen LogP contribution >= 0.6 is 0 Å². The quantitative estimate of drug-likeness (QED) is 0.0378. The van der Waals surface area contributed by atoms with Crippen molar-refractivity contribution in [1.29, 1.82) is 0 Å². The number of hydrogen-bond acceptors (Lipinski definition) is 5. The highest BCUT2D eigenvalue weighted by molar-refractivity contribution is 5.70. The summed E-state index contributed by atoms with van der Waals surface area (Å²) in [5.41, 5.74) is 0. The monoisotopic (exact) mass is 787 g/mol. The first kappa shape index (κ1) is 54.1. The van der Waals surface area contributed by atoms with Gasteiger partial charge in [0.15, 0.2) is 6.10 Å². The molecule has 0 aromatic rings. The highest BCUT2D eigenvalue weighted by atomic mass is 16.6. The molecule has 0 aliphatic carbocycles. The van der Waals surface area contributed by atoms with Crippen LogP contribution in [-0.2, 0) is 19.1 Å². The predicted molar refractivity (Wildman–Crippen MR) is 242 cm³/mol. The van der Waals surface area contributed by atoms with Gasteiger partial charge in [-0.15, -0.1) is 0 Å². The van der Waals surface area contributed by atoms with Crippen LogP contribution in [0.15, 0.2) is 36.5 Å². The van der Waals surface area contributed by atoms with Crippen molar-refractivity contribution < 1.29 is 24.2 Å². The summed E-state index contributed by atoms with van der Waals surface area (Å²) in [5.74, 6) is -0.591. The van der Waals surface area contributed by atoms with E-state index in [0.29, 0.717) is 12.8 Å². The number of aliphatic hydroxyl groups excluding tert-OH is 1. The van der Waals surface area contributed by atoms with Crippen LogP contribution in [0.3, 0.4) is 0 Å². The van der Waals surface area contributed by atoms with E-state index in [4.69, 9.17) is 9.47 Å². The van der Waals surface area contributed by atoms with Gasteiger partial charge in [-0.05, 0) is 70.6 Å². The van der Waals surface area contributed by atoms with Gasteiger partial charge >= 0.3 is 11.9 Å². The zero-order valence-electron chi connectivity index (χ0n) is 37.4. The van der Waals surface area contributed by atoms with Crippen molar-refractivity contribution in [1.82, 2.24) is 0 Å². The van der Waals surface area contributed by atoms with Crippen molar-refractivity contribution in [2.24, 2.45) is 0 Å². The Balaban J connectivity index is 3.47. The summed E-state index contributed by atoms with van der Waals surface area (Å²) in [7, 11) is 0. The normalized spacial score (nSPS) is 12.4. The Hall–Kier alpha value is -1.88. The summed E-state index contributed by atoms with van der Waals surface area (Å²) in [4.78, 5) is 24.4. The molecule has 0 aromatic carbocycles. The number of allylic oxidation sites excluding steroid dienone is 6. The molecule has 0 amide bonds. The van der Waals surface area contributed by atoms with Gasteiger partial charge in [-0.3, -0.25) is 9.59 Å². The Bertz CT molecular complexity index is 893. The Kier molecular flexibility index (Phi) is 45.9. The van der Waals surface area contributed by atoms with E-state index in [1.165, 1.54) is 180 Å². The van der Waals surface area contributed by atoms with Crippen molar-refractivity contribution >= 4 is 11.9 Å². The van der Waals surface area contributed by atoms with Crippen LogP contribution in [-0.4, -0.2) is 36.4 Å². The zero-order chi connectivity index (χ0) is 40.7. The third kappa shape index (κ3) is 44.8. The molecule has 5 heteroatoms. The maximum atomic E-state index is 12.2. The van der Waals surface area contributed by atoms with Crippen LogP contribution in [0.2, 0.25) is 0 Å². The zero-order valence-corrected chi connectivity index (χ0v) is 37.4. The molecule has 0 rings (SSSR count). The highest BCUT2D eigenvalue weighted by Crippen LogP contribution is 2.15. The second-order valence-corrected chi connectivity index (χ2v) is 16.5. The molecule has 1 atom stereocenters. The Morgan fingerprint density at radius 2 is 0.714 bits per heavy atom. The molecule has 0 saturated heterocycles. The molecule has 0 aromatic heterocycles. The fraction of sp³-hybridized carbons (Fsp3) is 0.843. The number of carbonyl (C=O) groups is 2. The van der Waals surface area contributed by atoms with Crippen LogP contribution < -0.4 is 0 Å². The van der Waals surface area contributed by atoms with E-state index in [1.807, 2.05) is 0 Å². The van der Waals surface area contributed by atoms with E-state index in [1.54, 1.807) is 0 Å². The summed E-state index contributed by atoms with van der Waals surface area (Å²) in [6.45, 7) is 4.14. The number of hydrogen-bond donors (Lipinski definition) is 1. The molecule has 0 aliphatic rings. The van der Waals surface area contributed by atoms with Crippen molar-refractivity contribution in [2.45, 2.75) is 264 Å². The first-order valence-corrected chi connectivity index (χ1v) is 24.5. The second-order valence-electron chi connectivity index (χ2n) is 16.5. The summed E-state index contributed by atoms with van der Waals surface area (Å²) >= 11 is 0. The maximum absolute atomic E-state index is 12.2. The lowest BCUT2D eigenvalue weighted by Gasteiger charge is -2.15. The van der Waals surface area contributed by atoms with E-state index in [0.717, 1.165) is 51.4 Å². The number of esters is 2. The first-order valence-electron chi connectivity index (χ1n) is 24.5. The van der Waals surface area contributed by atoms with E-state index >= 15 is 0 Å². The molecule has 0 fully saturated rings. The van der Waals surface area contributed by atoms with Gasteiger partial charge in [0.05, 0.1) is 6.61 Å². The highest BCUT2D eigenvalue weighted by Gasteiger charge is 2.16. The van der Waals surface area contributed by atoms with Gasteiger partial charge in [-0.1, -0.05) is 211 Å². The fourth-order valence-corrected chi connectivity index (χ4v) is 7.17. The largest absolute Gasteiger partial charge is 0.462 e. The molecular formula is C51H94O5. The maximum Gasteiger partial charge on any atom is 0.306 e. The number of aliphatic hydroxyl groups is 1. The van der Waals surface area contributed by atoms with Gasteiger partial charge in [0.25, 0.3) is 0 Å². The molecule has 0 saturated carbocycles. The smallest absolute Gasteiger partial charge is 0.306 e. The lowest BCUT2D eigenvalue weighted by molar-refractivity contribution is -0.161. The molecule has 5 nitrogen and oxygen atoms in total. The molecule has 1 N–H and O–H groups in total. The minimum Gasteiger partial charge on any atom is -0.462 e. The molecule has 0 radical (unpaired) electrons. The van der Waals surface area contributed by atoms with Gasteiger partial charge in [-0.25, -0.2) is 0 Å². The van der Waals surface area contributed by atoms with Crippen molar-refractivity contribution in [3.63, 3.8) is 0 Å². The van der Waals surface area contributed by atoms with E-state index in [2.05, 4.69) is 50.3 Å². The number of ether oxygens (including phenoxy) is 2. The summed E-state index contributed by atoms with van der Waals surface area (Å²) in [6, 6.07) is 0. The van der Waals surface area contributed by atoms with Crippen LogP contribution in [0.1, 0.15) is 258 Å². The topological polar surface area (TPSA) is 72.8 Å². The van der Waals surface area contributed by atoms with Crippen molar-refractivity contribution in [3.05, 3.63) is 36.5 Å². The van der Waals surface area contributed by atoms with E-state index in [-0.39, 0.29) is 25.2 Å². The Morgan fingerprint density at radius 3 is 1.07 bits per heavy atom. The van der Waals surface area contributed by atoms with Gasteiger partial charge in [0, 0.05) is 12.8 Å². The summed E-state index contributed by atoms with van der Waals surface area (Å²) in [5, 5.41) is 9.60. The lowest BCUT2D eigenvalue weighted by Crippen LogP contribution is -2.28. The molecule has 1 unspecified atom stereocenters. The van der Waals surface area contributed by atoms with E-state index in [9.17, 15) is 14.7 Å². The van der Waals surface area contributed by atoms with Crippen molar-refractivity contribution in [3.8, 4) is 0 Å². The molecule has 0 bridgehead atoms. The molecular weight excluding hydrogens is 693 g/mol. The van der Waals surface area contributed by atoms with Crippen molar-refractivity contribution in [2.75, 3.05) is 13.2 Å². The Labute approximate surface area is 348 Å². The molecule has 0 heterocycles. The standard InChI is InChI=1S/C51H94O5/c1-3-5-7-9-11-13-15-17-19-20-21-22-23-24-25-26-27-28-29-30-32-34-36-38-40-42-44-46-51(54)56-49(47-52)48-55-50(53)45-43-41-39-37-35-33-31-18-16-14-12-10-8-6-4-2/h15,17-18,20-21,31,49,52H,3-14,16,19,22-30,32-48H2,1-2H3/b17-15-,21-20-,31-18-.